The fourth-order valence-corrected chi connectivity index (χ4v) is 6.17. The fourth-order valence-electron chi connectivity index (χ4n) is 6.17. The van der Waals surface area contributed by atoms with Gasteiger partial charge in [0.1, 0.15) is 18.1 Å². The molecule has 2 fully saturated rings. The minimum Gasteiger partial charge on any atom is -0.508 e. The smallest absolute Gasteiger partial charge is 0.157 e. The highest BCUT2D eigenvalue weighted by Crippen LogP contribution is 2.36. The van der Waals surface area contributed by atoms with Gasteiger partial charge in [0, 0.05) is 25.6 Å². The molecule has 1 unspecified atom stereocenters. The summed E-state index contributed by atoms with van der Waals surface area (Å²) in [5, 5.41) is 9.88. The van der Waals surface area contributed by atoms with Crippen LogP contribution in [-0.4, -0.2) is 53.5 Å². The number of rotatable bonds is 8. The van der Waals surface area contributed by atoms with Gasteiger partial charge in [0.2, 0.25) is 0 Å². The number of fused-ring (bicyclic) bond motifs is 1. The van der Waals surface area contributed by atoms with Crippen molar-refractivity contribution in [2.24, 2.45) is 5.92 Å². The van der Waals surface area contributed by atoms with Crippen LogP contribution in [0.5, 0.6) is 11.5 Å². The van der Waals surface area contributed by atoms with Crippen molar-refractivity contribution in [3.63, 3.8) is 0 Å². The van der Waals surface area contributed by atoms with Crippen LogP contribution in [0.2, 0.25) is 0 Å². The molecule has 5 rings (SSSR count). The number of piperidine rings is 1. The Bertz CT molecular complexity index is 978. The lowest BCUT2D eigenvalue weighted by atomic mass is 9.81. The van der Waals surface area contributed by atoms with Gasteiger partial charge in [0.15, 0.2) is 5.78 Å². The molecule has 35 heavy (non-hydrogen) atoms. The zero-order valence-electron chi connectivity index (χ0n) is 21.0. The predicted octanol–water partition coefficient (Wildman–Crippen LogP) is 5.51. The largest absolute Gasteiger partial charge is 0.508 e. The molecule has 2 aliphatic heterocycles. The van der Waals surface area contributed by atoms with Crippen molar-refractivity contribution in [3.8, 4) is 11.5 Å². The number of carbonyl (C=O) groups excluding carboxylic acids is 1. The molecule has 1 N–H and O–H groups in total. The van der Waals surface area contributed by atoms with Gasteiger partial charge in [-0.2, -0.15) is 0 Å². The Morgan fingerprint density at radius 3 is 2.43 bits per heavy atom. The van der Waals surface area contributed by atoms with Gasteiger partial charge in [-0.05, 0) is 86.1 Å². The molecule has 1 saturated carbocycles. The molecule has 5 nitrogen and oxygen atoms in total. The third kappa shape index (κ3) is 6.07. The summed E-state index contributed by atoms with van der Waals surface area (Å²) in [5.41, 5.74) is 3.49. The molecule has 2 aromatic rings. The van der Waals surface area contributed by atoms with Crippen molar-refractivity contribution in [1.82, 2.24) is 9.80 Å². The maximum atomic E-state index is 13.9. The minimum atomic E-state index is -0.220. The van der Waals surface area contributed by atoms with E-state index < -0.39 is 0 Å². The summed E-state index contributed by atoms with van der Waals surface area (Å²) in [5.74, 6) is 1.75. The highest BCUT2D eigenvalue weighted by molar-refractivity contribution is 5.87. The van der Waals surface area contributed by atoms with Gasteiger partial charge in [-0.15, -0.1) is 0 Å². The van der Waals surface area contributed by atoms with Crippen LogP contribution < -0.4 is 4.74 Å². The molecule has 5 heteroatoms. The van der Waals surface area contributed by atoms with E-state index in [0.717, 1.165) is 63.1 Å². The van der Waals surface area contributed by atoms with Gasteiger partial charge in [-0.3, -0.25) is 14.6 Å². The molecule has 2 heterocycles. The van der Waals surface area contributed by atoms with Gasteiger partial charge in [-0.1, -0.05) is 43.9 Å². The Hall–Kier alpha value is -2.37. The van der Waals surface area contributed by atoms with E-state index in [1.165, 1.54) is 49.9 Å². The monoisotopic (exact) mass is 476 g/mol. The van der Waals surface area contributed by atoms with Gasteiger partial charge >= 0.3 is 0 Å². The first-order valence-electron chi connectivity index (χ1n) is 13.7. The molecule has 1 aliphatic carbocycles. The number of hydrogen-bond donors (Lipinski definition) is 1. The lowest BCUT2D eigenvalue weighted by molar-refractivity contribution is -0.130. The molecule has 1 atom stereocenters. The van der Waals surface area contributed by atoms with Gasteiger partial charge in [0.25, 0.3) is 0 Å². The van der Waals surface area contributed by atoms with Crippen LogP contribution in [0.25, 0.3) is 0 Å². The summed E-state index contributed by atoms with van der Waals surface area (Å²) in [7, 11) is 0. The van der Waals surface area contributed by atoms with E-state index in [-0.39, 0.29) is 12.0 Å². The van der Waals surface area contributed by atoms with Crippen molar-refractivity contribution in [3.05, 3.63) is 59.2 Å². The van der Waals surface area contributed by atoms with Crippen LogP contribution in [0.4, 0.5) is 0 Å². The molecule has 0 radical (unpaired) electrons. The summed E-state index contributed by atoms with van der Waals surface area (Å²) in [4.78, 5) is 18.7. The van der Waals surface area contributed by atoms with Crippen molar-refractivity contribution in [1.29, 1.82) is 0 Å². The molecular weight excluding hydrogens is 436 g/mol. The average Bonchev–Trinajstić information content (AvgIpc) is 2.91. The fraction of sp³-hybridized carbons (Fsp3) is 0.567. The molecule has 188 valence electrons. The third-order valence-electron chi connectivity index (χ3n) is 8.19. The van der Waals surface area contributed by atoms with Gasteiger partial charge < -0.3 is 9.84 Å². The molecule has 0 spiro atoms. The van der Waals surface area contributed by atoms with E-state index in [2.05, 4.69) is 21.9 Å². The maximum absolute atomic E-state index is 13.9. The van der Waals surface area contributed by atoms with Crippen LogP contribution in [0.1, 0.15) is 74.1 Å². The van der Waals surface area contributed by atoms with Gasteiger partial charge in [-0.25, -0.2) is 0 Å². The first kappa shape index (κ1) is 24.3. The maximum Gasteiger partial charge on any atom is 0.157 e. The van der Waals surface area contributed by atoms with E-state index in [1.54, 1.807) is 6.07 Å². The summed E-state index contributed by atoms with van der Waals surface area (Å²) in [6.07, 6.45) is 10.4. The number of phenols is 1. The first-order chi connectivity index (χ1) is 17.2. The van der Waals surface area contributed by atoms with Crippen LogP contribution in [0.3, 0.4) is 0 Å². The van der Waals surface area contributed by atoms with Crippen molar-refractivity contribution >= 4 is 5.78 Å². The number of nitrogens with zero attached hydrogens (tertiary/aromatic N) is 2. The van der Waals surface area contributed by atoms with E-state index in [0.29, 0.717) is 18.1 Å². The first-order valence-corrected chi connectivity index (χ1v) is 13.7. The van der Waals surface area contributed by atoms with E-state index in [1.807, 2.05) is 24.3 Å². The number of ether oxygens (including phenoxy) is 1. The number of Topliss-reactive ketones (excluding diaryl/α,β-unsaturated/α-hetero) is 1. The van der Waals surface area contributed by atoms with Crippen LogP contribution >= 0.6 is 0 Å². The topological polar surface area (TPSA) is 53.0 Å². The van der Waals surface area contributed by atoms with Crippen LogP contribution in [0, 0.1) is 5.92 Å². The van der Waals surface area contributed by atoms with E-state index in [4.69, 9.17) is 4.74 Å². The summed E-state index contributed by atoms with van der Waals surface area (Å²) < 4.78 is 6.06. The Kier molecular flexibility index (Phi) is 8.05. The Balaban J connectivity index is 1.29. The van der Waals surface area contributed by atoms with Gasteiger partial charge in [0.05, 0.1) is 6.04 Å². The Labute approximate surface area is 210 Å². The summed E-state index contributed by atoms with van der Waals surface area (Å²) in [6.45, 7) is 5.63. The zero-order valence-corrected chi connectivity index (χ0v) is 21.0. The molecule has 0 amide bonds. The molecular formula is C30H40N2O3. The number of ketones is 1. The number of phenolic OH excluding ortho intramolecular Hbond substituents is 1. The van der Waals surface area contributed by atoms with Crippen molar-refractivity contribution in [2.75, 3.05) is 32.8 Å². The second-order valence-electron chi connectivity index (χ2n) is 10.6. The molecule has 2 aromatic carbocycles. The number of likely N-dealkylation sites (tertiary alicyclic amines) is 1. The quantitative estimate of drug-likeness (QED) is 0.545. The summed E-state index contributed by atoms with van der Waals surface area (Å²) in [6, 6.07) is 13.7. The highest BCUT2D eigenvalue weighted by atomic mass is 16.5. The second kappa shape index (κ2) is 11.6. The van der Waals surface area contributed by atoms with Crippen molar-refractivity contribution in [2.45, 2.75) is 70.4 Å². The minimum absolute atomic E-state index is 0.162. The van der Waals surface area contributed by atoms with Crippen LogP contribution in [0.15, 0.2) is 42.5 Å². The third-order valence-corrected chi connectivity index (χ3v) is 8.19. The highest BCUT2D eigenvalue weighted by Gasteiger charge is 2.35. The number of carbonyl (C=O) groups is 1. The number of aromatic hydroxyl groups is 1. The SMILES string of the molecule is O=C(C1CCCCC1)C(c1ccc(OCCN2CCCCC2)cc1)N1CCc2cc(O)ccc2C1. The van der Waals surface area contributed by atoms with E-state index >= 15 is 0 Å². The average molecular weight is 477 g/mol. The zero-order chi connectivity index (χ0) is 24.0. The Morgan fingerprint density at radius 2 is 1.66 bits per heavy atom. The molecule has 3 aliphatic rings. The standard InChI is InChI=1S/C30H40N2O3/c33-27-12-9-26-22-32(18-15-25(26)21-27)29(30(34)24-7-3-1-4-8-24)23-10-13-28(14-11-23)35-20-19-31-16-5-2-6-17-31/h9-14,21,24,29,33H,1-8,15-20,22H2. The predicted molar refractivity (Wildman–Crippen MR) is 139 cm³/mol. The lowest BCUT2D eigenvalue weighted by Crippen LogP contribution is -2.40. The van der Waals surface area contributed by atoms with Crippen molar-refractivity contribution < 1.29 is 14.6 Å². The normalized spacial score (nSPS) is 20.8. The second-order valence-corrected chi connectivity index (χ2v) is 10.6. The molecule has 1 saturated heterocycles. The molecule has 0 bridgehead atoms. The summed E-state index contributed by atoms with van der Waals surface area (Å²) >= 11 is 0. The molecule has 0 aromatic heterocycles. The van der Waals surface area contributed by atoms with Crippen LogP contribution in [-0.2, 0) is 17.8 Å². The number of benzene rings is 2. The number of hydrogen-bond acceptors (Lipinski definition) is 5. The van der Waals surface area contributed by atoms with E-state index in [9.17, 15) is 9.90 Å². The lowest BCUT2D eigenvalue weighted by Gasteiger charge is -2.37. The Morgan fingerprint density at radius 1 is 0.914 bits per heavy atom.